The van der Waals surface area contributed by atoms with Crippen LogP contribution < -0.4 is 11.5 Å². The lowest BCUT2D eigenvalue weighted by Crippen LogP contribution is -1.99. The summed E-state index contributed by atoms with van der Waals surface area (Å²) in [4.78, 5) is 9.12. The lowest BCUT2D eigenvalue weighted by Gasteiger charge is -2.08. The fraction of sp³-hybridized carbons (Fsp3) is 0. The summed E-state index contributed by atoms with van der Waals surface area (Å²) in [6, 6.07) is 19.8. The van der Waals surface area contributed by atoms with Gasteiger partial charge in [-0.3, -0.25) is 0 Å². The van der Waals surface area contributed by atoms with Crippen molar-refractivity contribution >= 4 is 33.2 Å². The van der Waals surface area contributed by atoms with Crippen molar-refractivity contribution in [3.63, 3.8) is 0 Å². The van der Waals surface area contributed by atoms with E-state index >= 15 is 0 Å². The molecule has 0 radical (unpaired) electrons. The Bertz CT molecular complexity index is 1000. The molecule has 0 spiro atoms. The second-order valence-corrected chi connectivity index (χ2v) is 5.24. The Morgan fingerprint density at radius 2 is 1.55 bits per heavy atom. The van der Waals surface area contributed by atoms with Gasteiger partial charge in [0.25, 0.3) is 0 Å². The minimum Gasteiger partial charge on any atom is -0.399 e. The second-order valence-electron chi connectivity index (χ2n) is 5.24. The van der Waals surface area contributed by atoms with E-state index < -0.39 is 0 Å². The smallest absolute Gasteiger partial charge is 0.162 e. The van der Waals surface area contributed by atoms with Gasteiger partial charge in [0.1, 0.15) is 5.82 Å². The number of fused-ring (bicyclic) bond motifs is 2. The third-order valence-corrected chi connectivity index (χ3v) is 3.78. The Hall–Kier alpha value is -3.14. The Morgan fingerprint density at radius 1 is 0.727 bits per heavy atom. The first kappa shape index (κ1) is 12.6. The highest BCUT2D eigenvalue weighted by Crippen LogP contribution is 2.29. The van der Waals surface area contributed by atoms with E-state index in [0.29, 0.717) is 17.3 Å². The van der Waals surface area contributed by atoms with Gasteiger partial charge in [-0.15, -0.1) is 0 Å². The zero-order valence-corrected chi connectivity index (χ0v) is 11.8. The average molecular weight is 286 g/mol. The van der Waals surface area contributed by atoms with Gasteiger partial charge in [-0.25, -0.2) is 9.97 Å². The van der Waals surface area contributed by atoms with E-state index in [1.807, 2.05) is 36.4 Å². The molecular weight excluding hydrogens is 272 g/mol. The first-order valence-corrected chi connectivity index (χ1v) is 7.03. The number of rotatable bonds is 1. The van der Waals surface area contributed by atoms with Crippen LogP contribution in [0.2, 0.25) is 0 Å². The first-order valence-electron chi connectivity index (χ1n) is 7.03. The van der Waals surface area contributed by atoms with Gasteiger partial charge in [-0.05, 0) is 29.0 Å². The number of anilines is 2. The van der Waals surface area contributed by atoms with Crippen molar-refractivity contribution in [1.82, 2.24) is 9.97 Å². The number of nitrogens with two attached hydrogens (primary N) is 2. The molecule has 4 aromatic rings. The fourth-order valence-corrected chi connectivity index (χ4v) is 2.71. The molecule has 4 heteroatoms. The van der Waals surface area contributed by atoms with Crippen LogP contribution in [0, 0.1) is 0 Å². The number of benzene rings is 3. The molecule has 0 unspecified atom stereocenters. The van der Waals surface area contributed by atoms with Gasteiger partial charge in [-0.1, -0.05) is 42.5 Å². The number of nitrogens with zero attached hydrogens (tertiary/aromatic N) is 2. The monoisotopic (exact) mass is 286 g/mol. The SMILES string of the molecule is Nc1ccc2nc(-c3cccc4ccccc34)nc(N)c2c1. The molecule has 22 heavy (non-hydrogen) atoms. The summed E-state index contributed by atoms with van der Waals surface area (Å²) in [5, 5.41) is 3.04. The minimum atomic E-state index is 0.445. The maximum atomic E-state index is 6.10. The highest BCUT2D eigenvalue weighted by Gasteiger charge is 2.10. The van der Waals surface area contributed by atoms with Crippen molar-refractivity contribution in [2.24, 2.45) is 0 Å². The zero-order chi connectivity index (χ0) is 15.1. The molecule has 0 bridgehead atoms. The highest BCUT2D eigenvalue weighted by molar-refractivity contribution is 5.97. The maximum Gasteiger partial charge on any atom is 0.162 e. The molecule has 3 aromatic carbocycles. The molecule has 0 atom stereocenters. The molecule has 0 aliphatic rings. The molecule has 0 amide bonds. The summed E-state index contributed by atoms with van der Waals surface area (Å²) in [6.07, 6.45) is 0. The van der Waals surface area contributed by atoms with Gasteiger partial charge < -0.3 is 11.5 Å². The van der Waals surface area contributed by atoms with Crippen molar-refractivity contribution < 1.29 is 0 Å². The van der Waals surface area contributed by atoms with Crippen molar-refractivity contribution in [1.29, 1.82) is 0 Å². The number of aromatic nitrogens is 2. The highest BCUT2D eigenvalue weighted by atomic mass is 14.9. The molecule has 0 aliphatic carbocycles. The summed E-state index contributed by atoms with van der Waals surface area (Å²) in [6.45, 7) is 0. The number of hydrogen-bond donors (Lipinski definition) is 2. The van der Waals surface area contributed by atoms with E-state index in [0.717, 1.165) is 27.2 Å². The maximum absolute atomic E-state index is 6.10. The van der Waals surface area contributed by atoms with Crippen LogP contribution in [-0.2, 0) is 0 Å². The molecule has 0 fully saturated rings. The Balaban J connectivity index is 2.03. The fourth-order valence-electron chi connectivity index (χ4n) is 2.71. The molecule has 0 saturated heterocycles. The van der Waals surface area contributed by atoms with E-state index in [1.165, 1.54) is 0 Å². The quantitative estimate of drug-likeness (QED) is 0.524. The van der Waals surface area contributed by atoms with Crippen LogP contribution in [0.3, 0.4) is 0 Å². The summed E-state index contributed by atoms with van der Waals surface area (Å²) in [7, 11) is 0. The Morgan fingerprint density at radius 3 is 2.45 bits per heavy atom. The lowest BCUT2D eigenvalue weighted by atomic mass is 10.0. The van der Waals surface area contributed by atoms with E-state index in [2.05, 4.69) is 28.2 Å². The van der Waals surface area contributed by atoms with Crippen molar-refractivity contribution in [2.75, 3.05) is 11.5 Å². The summed E-state index contributed by atoms with van der Waals surface area (Å²) in [5.41, 5.74) is 14.3. The first-order chi connectivity index (χ1) is 10.7. The van der Waals surface area contributed by atoms with Gasteiger partial charge in [0, 0.05) is 16.6 Å². The molecule has 106 valence electrons. The third kappa shape index (κ3) is 1.93. The average Bonchev–Trinajstić information content (AvgIpc) is 2.55. The molecule has 4 rings (SSSR count). The summed E-state index contributed by atoms with van der Waals surface area (Å²) < 4.78 is 0. The minimum absolute atomic E-state index is 0.445. The van der Waals surface area contributed by atoms with Gasteiger partial charge in [0.2, 0.25) is 0 Å². The lowest BCUT2D eigenvalue weighted by molar-refractivity contribution is 1.24. The summed E-state index contributed by atoms with van der Waals surface area (Å²) in [5.74, 6) is 1.08. The van der Waals surface area contributed by atoms with Crippen LogP contribution in [0.4, 0.5) is 11.5 Å². The second kappa shape index (κ2) is 4.70. The van der Waals surface area contributed by atoms with Crippen molar-refractivity contribution in [3.05, 3.63) is 60.7 Å². The molecule has 0 aliphatic heterocycles. The Labute approximate surface area is 127 Å². The number of nitrogen functional groups attached to an aromatic ring is 2. The van der Waals surface area contributed by atoms with E-state index in [1.54, 1.807) is 6.07 Å². The van der Waals surface area contributed by atoms with E-state index in [-0.39, 0.29) is 0 Å². The Kier molecular flexibility index (Phi) is 2.69. The molecule has 0 saturated carbocycles. The molecule has 1 heterocycles. The van der Waals surface area contributed by atoms with Crippen molar-refractivity contribution in [2.45, 2.75) is 0 Å². The van der Waals surface area contributed by atoms with Crippen molar-refractivity contribution in [3.8, 4) is 11.4 Å². The van der Waals surface area contributed by atoms with Crippen LogP contribution >= 0.6 is 0 Å². The number of hydrogen-bond acceptors (Lipinski definition) is 4. The molecule has 4 nitrogen and oxygen atoms in total. The molecule has 1 aromatic heterocycles. The standard InChI is InChI=1S/C18H14N4/c19-12-8-9-16-15(10-12)17(20)22-18(21-16)14-7-3-5-11-4-1-2-6-13(11)14/h1-10H,19H2,(H2,20,21,22). The van der Waals surface area contributed by atoms with Crippen LogP contribution in [0.15, 0.2) is 60.7 Å². The van der Waals surface area contributed by atoms with Crippen LogP contribution in [-0.4, -0.2) is 9.97 Å². The van der Waals surface area contributed by atoms with Crippen LogP contribution in [0.25, 0.3) is 33.1 Å². The normalized spacial score (nSPS) is 11.1. The predicted octanol–water partition coefficient (Wildman–Crippen LogP) is 3.61. The largest absolute Gasteiger partial charge is 0.399 e. The third-order valence-electron chi connectivity index (χ3n) is 3.78. The van der Waals surface area contributed by atoms with E-state index in [4.69, 9.17) is 11.5 Å². The van der Waals surface area contributed by atoms with Gasteiger partial charge in [0.05, 0.1) is 5.52 Å². The topological polar surface area (TPSA) is 77.8 Å². The van der Waals surface area contributed by atoms with Crippen LogP contribution in [0.1, 0.15) is 0 Å². The molecule has 4 N–H and O–H groups in total. The van der Waals surface area contributed by atoms with Gasteiger partial charge in [0.15, 0.2) is 5.82 Å². The molecular formula is C18H14N4. The zero-order valence-electron chi connectivity index (χ0n) is 11.8. The van der Waals surface area contributed by atoms with Crippen LogP contribution in [0.5, 0.6) is 0 Å². The van der Waals surface area contributed by atoms with E-state index in [9.17, 15) is 0 Å². The predicted molar refractivity (Wildman–Crippen MR) is 91.3 cm³/mol. The van der Waals surface area contributed by atoms with Gasteiger partial charge in [-0.2, -0.15) is 0 Å². The summed E-state index contributed by atoms with van der Waals surface area (Å²) >= 11 is 0. The van der Waals surface area contributed by atoms with Gasteiger partial charge >= 0.3 is 0 Å².